The maximum Gasteiger partial charge on any atom is 0.227 e. The van der Waals surface area contributed by atoms with Crippen LogP contribution in [0.25, 0.3) is 11.4 Å². The zero-order chi connectivity index (χ0) is 17.1. The quantitative estimate of drug-likeness (QED) is 0.845. The molecule has 7 nitrogen and oxygen atoms in total. The van der Waals surface area contributed by atoms with Gasteiger partial charge in [-0.15, -0.1) is 0 Å². The summed E-state index contributed by atoms with van der Waals surface area (Å²) in [7, 11) is 0. The number of benzene rings is 1. The molecule has 2 saturated heterocycles. The van der Waals surface area contributed by atoms with Crippen molar-refractivity contribution in [2.75, 3.05) is 26.3 Å². The fraction of sp³-hybridized carbons (Fsp3) is 0.500. The van der Waals surface area contributed by atoms with Crippen LogP contribution in [-0.2, 0) is 20.7 Å². The highest BCUT2D eigenvalue weighted by Gasteiger charge is 2.40. The van der Waals surface area contributed by atoms with Crippen LogP contribution < -0.4 is 0 Å². The Bertz CT molecular complexity index is 715. The number of hydrogen-bond donors (Lipinski definition) is 0. The molecule has 2 aliphatic rings. The highest BCUT2D eigenvalue weighted by atomic mass is 16.7. The molecule has 0 saturated carbocycles. The van der Waals surface area contributed by atoms with Crippen LogP contribution in [0.1, 0.15) is 25.2 Å². The molecule has 1 aromatic heterocycles. The number of carbonyl (C=O) groups excluding carboxylic acids is 1. The molecule has 132 valence electrons. The van der Waals surface area contributed by atoms with E-state index in [9.17, 15) is 4.79 Å². The highest BCUT2D eigenvalue weighted by molar-refractivity contribution is 5.76. The van der Waals surface area contributed by atoms with Crippen molar-refractivity contribution in [2.45, 2.75) is 31.5 Å². The van der Waals surface area contributed by atoms with Crippen molar-refractivity contribution in [2.24, 2.45) is 0 Å². The topological polar surface area (TPSA) is 77.7 Å². The normalized spacial score (nSPS) is 19.4. The van der Waals surface area contributed by atoms with Gasteiger partial charge in [0.1, 0.15) is 0 Å². The molecule has 7 heteroatoms. The fourth-order valence-electron chi connectivity index (χ4n) is 3.32. The van der Waals surface area contributed by atoms with E-state index in [1.165, 1.54) is 0 Å². The van der Waals surface area contributed by atoms with Gasteiger partial charge in [0.05, 0.1) is 13.2 Å². The van der Waals surface area contributed by atoms with Gasteiger partial charge in [0.2, 0.25) is 17.6 Å². The Morgan fingerprint density at radius 3 is 2.56 bits per heavy atom. The van der Waals surface area contributed by atoms with E-state index < -0.39 is 5.79 Å². The average Bonchev–Trinajstić information content (AvgIpc) is 3.31. The largest absolute Gasteiger partial charge is 0.347 e. The number of hydrogen-bond acceptors (Lipinski definition) is 6. The van der Waals surface area contributed by atoms with Gasteiger partial charge in [0, 0.05) is 44.3 Å². The summed E-state index contributed by atoms with van der Waals surface area (Å²) in [5, 5.41) is 3.98. The summed E-state index contributed by atoms with van der Waals surface area (Å²) in [5.41, 5.74) is 0.904. The average molecular weight is 343 g/mol. The van der Waals surface area contributed by atoms with Gasteiger partial charge in [-0.2, -0.15) is 4.98 Å². The van der Waals surface area contributed by atoms with E-state index >= 15 is 0 Å². The molecule has 0 aliphatic carbocycles. The molecule has 4 rings (SSSR count). The lowest BCUT2D eigenvalue weighted by Crippen LogP contribution is -2.47. The minimum Gasteiger partial charge on any atom is -0.347 e. The molecule has 0 radical (unpaired) electrons. The van der Waals surface area contributed by atoms with Gasteiger partial charge in [-0.05, 0) is 0 Å². The first-order chi connectivity index (χ1) is 12.2. The monoisotopic (exact) mass is 343 g/mol. The van der Waals surface area contributed by atoms with Crippen molar-refractivity contribution in [3.05, 3.63) is 36.2 Å². The first-order valence-electron chi connectivity index (χ1n) is 8.68. The van der Waals surface area contributed by atoms with Crippen molar-refractivity contribution >= 4 is 5.91 Å². The SMILES string of the molecule is O=C(CCc1nc(-c2ccccc2)no1)N1CCC2(CC1)OCCO2. The Kier molecular flexibility index (Phi) is 4.50. The number of aryl methyl sites for hydroxylation is 1. The van der Waals surface area contributed by atoms with Gasteiger partial charge >= 0.3 is 0 Å². The third-order valence-corrected chi connectivity index (χ3v) is 4.74. The standard InChI is InChI=1S/C18H21N3O4/c22-16(21-10-8-18(9-11-21)23-12-13-24-18)7-6-15-19-17(20-25-15)14-4-2-1-3-5-14/h1-5H,6-13H2. The van der Waals surface area contributed by atoms with Gasteiger partial charge < -0.3 is 18.9 Å². The van der Waals surface area contributed by atoms with Crippen molar-refractivity contribution in [3.63, 3.8) is 0 Å². The van der Waals surface area contributed by atoms with Gasteiger partial charge in [0.15, 0.2) is 5.79 Å². The molecule has 1 aromatic carbocycles. The molecule has 2 fully saturated rings. The van der Waals surface area contributed by atoms with E-state index in [4.69, 9.17) is 14.0 Å². The fourth-order valence-corrected chi connectivity index (χ4v) is 3.32. The summed E-state index contributed by atoms with van der Waals surface area (Å²) in [6.45, 7) is 2.62. The van der Waals surface area contributed by atoms with Crippen LogP contribution >= 0.6 is 0 Å². The number of piperidine rings is 1. The second-order valence-corrected chi connectivity index (χ2v) is 6.37. The predicted octanol–water partition coefficient (Wildman–Crippen LogP) is 2.03. The van der Waals surface area contributed by atoms with Crippen LogP contribution in [0.4, 0.5) is 0 Å². The Balaban J connectivity index is 1.29. The second-order valence-electron chi connectivity index (χ2n) is 6.37. The molecular formula is C18H21N3O4. The van der Waals surface area contributed by atoms with Gasteiger partial charge in [-0.1, -0.05) is 35.5 Å². The highest BCUT2D eigenvalue weighted by Crippen LogP contribution is 2.31. The number of ether oxygens (including phenoxy) is 2. The molecule has 0 bridgehead atoms. The lowest BCUT2D eigenvalue weighted by molar-refractivity contribution is -0.187. The van der Waals surface area contributed by atoms with Gasteiger partial charge in [0.25, 0.3) is 0 Å². The molecule has 1 amide bonds. The molecule has 2 aromatic rings. The maximum absolute atomic E-state index is 12.4. The Morgan fingerprint density at radius 1 is 1.12 bits per heavy atom. The lowest BCUT2D eigenvalue weighted by Gasteiger charge is -2.37. The third-order valence-electron chi connectivity index (χ3n) is 4.74. The van der Waals surface area contributed by atoms with Gasteiger partial charge in [-0.3, -0.25) is 4.79 Å². The molecule has 1 spiro atoms. The summed E-state index contributed by atoms with van der Waals surface area (Å²) in [4.78, 5) is 18.6. The molecule has 0 unspecified atom stereocenters. The van der Waals surface area contributed by atoms with Crippen LogP contribution in [0.15, 0.2) is 34.9 Å². The van der Waals surface area contributed by atoms with E-state index in [1.807, 2.05) is 35.2 Å². The van der Waals surface area contributed by atoms with E-state index in [0.29, 0.717) is 50.9 Å². The zero-order valence-electron chi connectivity index (χ0n) is 14.0. The summed E-state index contributed by atoms with van der Waals surface area (Å²) in [6, 6.07) is 9.65. The maximum atomic E-state index is 12.4. The van der Waals surface area contributed by atoms with E-state index in [0.717, 1.165) is 18.4 Å². The Labute approximate surface area is 145 Å². The number of rotatable bonds is 4. The molecule has 25 heavy (non-hydrogen) atoms. The Hall–Kier alpha value is -2.25. The number of aromatic nitrogens is 2. The number of carbonyl (C=O) groups is 1. The third kappa shape index (κ3) is 3.57. The first-order valence-corrected chi connectivity index (χ1v) is 8.68. The minimum absolute atomic E-state index is 0.104. The van der Waals surface area contributed by atoms with Gasteiger partial charge in [-0.25, -0.2) is 0 Å². The van der Waals surface area contributed by atoms with Crippen LogP contribution in [0.3, 0.4) is 0 Å². The molecular weight excluding hydrogens is 322 g/mol. The lowest BCUT2D eigenvalue weighted by atomic mass is 10.0. The van der Waals surface area contributed by atoms with Crippen LogP contribution in [-0.4, -0.2) is 53.0 Å². The Morgan fingerprint density at radius 2 is 1.84 bits per heavy atom. The van der Waals surface area contributed by atoms with Crippen LogP contribution in [0, 0.1) is 0 Å². The number of nitrogens with zero attached hydrogens (tertiary/aromatic N) is 3. The van der Waals surface area contributed by atoms with E-state index in [2.05, 4.69) is 10.1 Å². The summed E-state index contributed by atoms with van der Waals surface area (Å²) in [6.07, 6.45) is 2.29. The van der Waals surface area contributed by atoms with Crippen molar-refractivity contribution in [1.29, 1.82) is 0 Å². The summed E-state index contributed by atoms with van der Waals surface area (Å²) >= 11 is 0. The van der Waals surface area contributed by atoms with E-state index in [-0.39, 0.29) is 5.91 Å². The smallest absolute Gasteiger partial charge is 0.227 e. The predicted molar refractivity (Wildman–Crippen MR) is 88.5 cm³/mol. The van der Waals surface area contributed by atoms with Crippen molar-refractivity contribution < 1.29 is 18.8 Å². The second kappa shape index (κ2) is 6.93. The van der Waals surface area contributed by atoms with E-state index in [1.54, 1.807) is 0 Å². The number of amides is 1. The van der Waals surface area contributed by atoms with Crippen LogP contribution in [0.2, 0.25) is 0 Å². The summed E-state index contributed by atoms with van der Waals surface area (Å²) in [5.74, 6) is 0.697. The van der Waals surface area contributed by atoms with Crippen LogP contribution in [0.5, 0.6) is 0 Å². The molecule has 0 N–H and O–H groups in total. The summed E-state index contributed by atoms with van der Waals surface area (Å²) < 4.78 is 16.6. The first kappa shape index (κ1) is 16.2. The molecule has 0 atom stereocenters. The zero-order valence-corrected chi connectivity index (χ0v) is 14.0. The van der Waals surface area contributed by atoms with Crippen molar-refractivity contribution in [3.8, 4) is 11.4 Å². The minimum atomic E-state index is -0.451. The number of likely N-dealkylation sites (tertiary alicyclic amines) is 1. The molecule has 3 heterocycles. The van der Waals surface area contributed by atoms with Crippen molar-refractivity contribution in [1.82, 2.24) is 15.0 Å². The molecule has 2 aliphatic heterocycles.